The Morgan fingerprint density at radius 1 is 1.89 bits per heavy atom. The average Bonchev–Trinajstić information content (AvgIpc) is 2.19. The van der Waals surface area contributed by atoms with E-state index < -0.39 is 0 Å². The van der Waals surface area contributed by atoms with E-state index in [1.807, 2.05) is 6.07 Å². The van der Waals surface area contributed by atoms with Gasteiger partial charge in [0.15, 0.2) is 0 Å². The first-order valence-electron chi connectivity index (χ1n) is 2.47. The summed E-state index contributed by atoms with van der Waals surface area (Å²) in [5.74, 6) is 1.07. The van der Waals surface area contributed by atoms with Crippen molar-refractivity contribution in [3.8, 4) is 0 Å². The molecule has 0 atom stereocenters. The Kier molecular flexibility index (Phi) is 5.85. The van der Waals surface area contributed by atoms with Gasteiger partial charge >= 0.3 is 0 Å². The predicted octanol–water partition coefficient (Wildman–Crippen LogP) is 1.32. The van der Waals surface area contributed by atoms with Crippen molar-refractivity contribution in [3.05, 3.63) is 12.3 Å². The fourth-order valence-corrected chi connectivity index (χ4v) is 0.984. The molecule has 0 saturated carbocycles. The molecule has 1 rings (SSSR count). The van der Waals surface area contributed by atoms with E-state index in [1.54, 1.807) is 11.8 Å². The molecule has 9 heavy (non-hydrogen) atoms. The van der Waals surface area contributed by atoms with Crippen LogP contribution in [0.5, 0.6) is 0 Å². The Morgan fingerprint density at radius 2 is 2.67 bits per heavy atom. The summed E-state index contributed by atoms with van der Waals surface area (Å²) in [6.07, 6.45) is 2.76. The summed E-state index contributed by atoms with van der Waals surface area (Å²) in [5.41, 5.74) is 0. The van der Waals surface area contributed by atoms with E-state index in [-0.39, 0.29) is 32.7 Å². The molecule has 0 unspecified atom stereocenters. The molecule has 2 nitrogen and oxygen atoms in total. The van der Waals surface area contributed by atoms with Crippen molar-refractivity contribution in [2.45, 2.75) is 11.9 Å². The van der Waals surface area contributed by atoms with Crippen LogP contribution in [-0.4, -0.2) is 16.0 Å². The number of thioether (sulfide) groups is 1. The molecule has 0 aliphatic carbocycles. The summed E-state index contributed by atoms with van der Waals surface area (Å²) in [6.45, 7) is 2.10. The van der Waals surface area contributed by atoms with E-state index in [0.717, 1.165) is 10.8 Å². The fraction of sp³-hybridized carbons (Fsp3) is 0.400. The van der Waals surface area contributed by atoms with Crippen molar-refractivity contribution < 1.29 is 32.7 Å². The molecular formula is C5H7N2SY-. The van der Waals surface area contributed by atoms with Crippen LogP contribution in [0, 0.1) is 6.20 Å². The van der Waals surface area contributed by atoms with Crippen LogP contribution in [0.2, 0.25) is 0 Å². The van der Waals surface area contributed by atoms with Crippen molar-refractivity contribution in [1.29, 1.82) is 0 Å². The molecule has 1 radical (unpaired) electrons. The summed E-state index contributed by atoms with van der Waals surface area (Å²) in [4.78, 5) is 0. The molecule has 1 aromatic heterocycles. The Bertz CT molecular complexity index is 141. The minimum atomic E-state index is 0. The second-order valence-electron chi connectivity index (χ2n) is 1.28. The van der Waals surface area contributed by atoms with E-state index in [9.17, 15) is 0 Å². The number of H-pyrrole nitrogens is 1. The first-order valence-corrected chi connectivity index (χ1v) is 3.46. The molecule has 47 valence electrons. The fourth-order valence-electron chi connectivity index (χ4n) is 0.435. The largest absolute Gasteiger partial charge is 0.389 e. The molecule has 0 fully saturated rings. The third-order valence-electron chi connectivity index (χ3n) is 0.719. The Labute approximate surface area is 84.1 Å². The Balaban J connectivity index is 0.000000640. The van der Waals surface area contributed by atoms with Gasteiger partial charge in [0.25, 0.3) is 0 Å². The summed E-state index contributed by atoms with van der Waals surface area (Å²) in [5, 5.41) is 7.53. The molecule has 1 N–H and O–H groups in total. The number of rotatable bonds is 2. The van der Waals surface area contributed by atoms with Crippen LogP contribution in [0.15, 0.2) is 11.1 Å². The van der Waals surface area contributed by atoms with Gasteiger partial charge in [-0.3, -0.25) is 5.10 Å². The van der Waals surface area contributed by atoms with Crippen molar-refractivity contribution in [2.75, 3.05) is 5.75 Å². The molecule has 0 saturated heterocycles. The minimum Gasteiger partial charge on any atom is -0.389 e. The summed E-state index contributed by atoms with van der Waals surface area (Å²) < 4.78 is 0. The zero-order chi connectivity index (χ0) is 5.82. The van der Waals surface area contributed by atoms with Gasteiger partial charge in [0.2, 0.25) is 0 Å². The first kappa shape index (κ1) is 9.66. The second kappa shape index (κ2) is 5.45. The molecule has 0 aliphatic rings. The number of hydrogen-bond acceptors (Lipinski definition) is 2. The van der Waals surface area contributed by atoms with Gasteiger partial charge in [-0.15, -0.1) is 0 Å². The van der Waals surface area contributed by atoms with Gasteiger partial charge in [0.05, 0.1) is 0 Å². The zero-order valence-electron chi connectivity index (χ0n) is 5.22. The molecule has 0 aliphatic heterocycles. The number of nitrogens with zero attached hydrogens (tertiary/aromatic N) is 1. The molecule has 0 bridgehead atoms. The smallest absolute Gasteiger partial charge is 0 e. The molecule has 0 spiro atoms. The molecule has 0 amide bonds. The average molecular weight is 216 g/mol. The number of aromatic amines is 1. The van der Waals surface area contributed by atoms with Gasteiger partial charge in [0, 0.05) is 32.7 Å². The maximum atomic E-state index is 3.89. The summed E-state index contributed by atoms with van der Waals surface area (Å²) in [6, 6.07) is 1.84. The van der Waals surface area contributed by atoms with Crippen LogP contribution in [0.25, 0.3) is 0 Å². The SMILES string of the molecule is CCSc1c[c-][nH]n1.[Y]. The van der Waals surface area contributed by atoms with Crippen LogP contribution in [-0.2, 0) is 32.7 Å². The van der Waals surface area contributed by atoms with Crippen LogP contribution in [0.1, 0.15) is 6.92 Å². The number of aromatic nitrogens is 2. The Hall–Kier alpha value is 0.664. The molecule has 1 heterocycles. The topological polar surface area (TPSA) is 28.7 Å². The third kappa shape index (κ3) is 3.38. The molecule has 0 aromatic carbocycles. The van der Waals surface area contributed by atoms with Gasteiger partial charge in [0.1, 0.15) is 0 Å². The van der Waals surface area contributed by atoms with E-state index in [1.165, 1.54) is 0 Å². The maximum absolute atomic E-state index is 3.89. The predicted molar refractivity (Wildman–Crippen MR) is 33.8 cm³/mol. The van der Waals surface area contributed by atoms with E-state index in [0.29, 0.717) is 0 Å². The van der Waals surface area contributed by atoms with Crippen LogP contribution in [0.4, 0.5) is 0 Å². The van der Waals surface area contributed by atoms with Crippen LogP contribution >= 0.6 is 11.8 Å². The standard InChI is InChI=1S/C5H7N2S.Y/c1-2-8-5-3-4-6-7-5;/h3H,2H2,1H3,(H,6,7);/q-1;. The summed E-state index contributed by atoms with van der Waals surface area (Å²) in [7, 11) is 0. The molecule has 4 heteroatoms. The van der Waals surface area contributed by atoms with E-state index in [4.69, 9.17) is 0 Å². The maximum Gasteiger partial charge on any atom is 0 e. The molecular weight excluding hydrogens is 209 g/mol. The quantitative estimate of drug-likeness (QED) is 0.596. The van der Waals surface area contributed by atoms with E-state index >= 15 is 0 Å². The third-order valence-corrected chi connectivity index (χ3v) is 1.51. The van der Waals surface area contributed by atoms with Crippen molar-refractivity contribution >= 4 is 11.8 Å². The number of hydrogen-bond donors (Lipinski definition) is 1. The van der Waals surface area contributed by atoms with Gasteiger partial charge < -0.3 is 5.10 Å². The Morgan fingerprint density at radius 3 is 3.11 bits per heavy atom. The zero-order valence-corrected chi connectivity index (χ0v) is 8.87. The van der Waals surface area contributed by atoms with Crippen LogP contribution < -0.4 is 0 Å². The normalized spacial score (nSPS) is 8.56. The second-order valence-corrected chi connectivity index (χ2v) is 2.57. The monoisotopic (exact) mass is 216 g/mol. The van der Waals surface area contributed by atoms with Crippen molar-refractivity contribution in [3.63, 3.8) is 0 Å². The first-order chi connectivity index (χ1) is 3.93. The molecule has 1 aromatic rings. The van der Waals surface area contributed by atoms with E-state index in [2.05, 4.69) is 23.3 Å². The van der Waals surface area contributed by atoms with Gasteiger partial charge in [-0.2, -0.15) is 12.3 Å². The van der Waals surface area contributed by atoms with Crippen molar-refractivity contribution in [2.24, 2.45) is 0 Å². The number of nitrogens with one attached hydrogen (secondary N) is 1. The van der Waals surface area contributed by atoms with Gasteiger partial charge in [-0.25, -0.2) is 11.8 Å². The van der Waals surface area contributed by atoms with Gasteiger partial charge in [-0.1, -0.05) is 6.92 Å². The van der Waals surface area contributed by atoms with Gasteiger partial charge in [-0.05, 0) is 10.8 Å². The minimum absolute atomic E-state index is 0. The van der Waals surface area contributed by atoms with Crippen LogP contribution in [0.3, 0.4) is 0 Å². The van der Waals surface area contributed by atoms with Crippen molar-refractivity contribution in [1.82, 2.24) is 10.2 Å². The summed E-state index contributed by atoms with van der Waals surface area (Å²) >= 11 is 1.71.